The molecule has 0 aromatic carbocycles. The van der Waals surface area contributed by atoms with E-state index in [1.807, 2.05) is 0 Å². The SMILES string of the molecule is FC1(F)CCC[C@H](N=C2CCNC2)C1. The van der Waals surface area contributed by atoms with Crippen LogP contribution < -0.4 is 5.32 Å². The van der Waals surface area contributed by atoms with E-state index in [4.69, 9.17) is 0 Å². The van der Waals surface area contributed by atoms with Crippen molar-refractivity contribution in [3.8, 4) is 0 Å². The van der Waals surface area contributed by atoms with Gasteiger partial charge in [0.05, 0.1) is 6.04 Å². The average Bonchev–Trinajstić information content (AvgIpc) is 2.54. The number of alkyl halides is 2. The second kappa shape index (κ2) is 3.93. The molecule has 4 heteroatoms. The Morgan fingerprint density at radius 3 is 2.93 bits per heavy atom. The molecule has 2 nitrogen and oxygen atoms in total. The topological polar surface area (TPSA) is 24.4 Å². The predicted octanol–water partition coefficient (Wildman–Crippen LogP) is 2.00. The molecule has 0 aromatic rings. The molecule has 0 unspecified atom stereocenters. The summed E-state index contributed by atoms with van der Waals surface area (Å²) in [4.78, 5) is 4.40. The molecule has 2 rings (SSSR count). The van der Waals surface area contributed by atoms with Gasteiger partial charge in [-0.05, 0) is 19.3 Å². The summed E-state index contributed by atoms with van der Waals surface area (Å²) in [6.45, 7) is 1.74. The summed E-state index contributed by atoms with van der Waals surface area (Å²) in [5.74, 6) is -2.47. The van der Waals surface area contributed by atoms with Crippen molar-refractivity contribution in [1.82, 2.24) is 5.32 Å². The molecule has 0 spiro atoms. The van der Waals surface area contributed by atoms with Crippen molar-refractivity contribution < 1.29 is 8.78 Å². The van der Waals surface area contributed by atoms with E-state index in [0.717, 1.165) is 31.6 Å². The van der Waals surface area contributed by atoms with Crippen LogP contribution in [0.5, 0.6) is 0 Å². The zero-order chi connectivity index (χ0) is 10.0. The Morgan fingerprint density at radius 1 is 1.43 bits per heavy atom. The van der Waals surface area contributed by atoms with Gasteiger partial charge in [0.2, 0.25) is 5.92 Å². The van der Waals surface area contributed by atoms with Gasteiger partial charge in [0.25, 0.3) is 0 Å². The summed E-state index contributed by atoms with van der Waals surface area (Å²) in [7, 11) is 0. The van der Waals surface area contributed by atoms with Crippen LogP contribution in [-0.4, -0.2) is 30.8 Å². The van der Waals surface area contributed by atoms with Gasteiger partial charge in [-0.15, -0.1) is 0 Å². The van der Waals surface area contributed by atoms with E-state index in [1.54, 1.807) is 0 Å². The molecular weight excluding hydrogens is 186 g/mol. The first-order chi connectivity index (χ1) is 6.66. The fraction of sp³-hybridized carbons (Fsp3) is 0.900. The minimum atomic E-state index is -2.47. The normalized spacial score (nSPS) is 35.0. The largest absolute Gasteiger partial charge is 0.311 e. The number of hydrogen-bond donors (Lipinski definition) is 1. The number of halogens is 2. The van der Waals surface area contributed by atoms with E-state index in [9.17, 15) is 8.78 Å². The molecule has 1 atom stereocenters. The number of rotatable bonds is 1. The number of hydrogen-bond acceptors (Lipinski definition) is 2. The van der Waals surface area contributed by atoms with Gasteiger partial charge in [0.15, 0.2) is 0 Å². The molecular formula is C10H16F2N2. The van der Waals surface area contributed by atoms with Gasteiger partial charge in [0, 0.05) is 31.6 Å². The second-order valence-corrected chi connectivity index (χ2v) is 4.23. The lowest BCUT2D eigenvalue weighted by atomic mass is 9.92. The third kappa shape index (κ3) is 2.50. The third-order valence-electron chi connectivity index (χ3n) is 2.90. The highest BCUT2D eigenvalue weighted by molar-refractivity contribution is 5.88. The van der Waals surface area contributed by atoms with Crippen molar-refractivity contribution in [3.63, 3.8) is 0 Å². The third-order valence-corrected chi connectivity index (χ3v) is 2.90. The van der Waals surface area contributed by atoms with Gasteiger partial charge in [-0.2, -0.15) is 0 Å². The Hall–Kier alpha value is -0.510. The lowest BCUT2D eigenvalue weighted by Gasteiger charge is -2.26. The smallest absolute Gasteiger partial charge is 0.250 e. The van der Waals surface area contributed by atoms with E-state index in [1.165, 1.54) is 0 Å². The summed E-state index contributed by atoms with van der Waals surface area (Å²) in [5, 5.41) is 3.16. The monoisotopic (exact) mass is 202 g/mol. The molecule has 14 heavy (non-hydrogen) atoms. The van der Waals surface area contributed by atoms with Gasteiger partial charge in [0.1, 0.15) is 0 Å². The summed E-state index contributed by atoms with van der Waals surface area (Å²) in [6, 6.07) is -0.131. The van der Waals surface area contributed by atoms with Crippen molar-refractivity contribution >= 4 is 5.71 Å². The van der Waals surface area contributed by atoms with E-state index in [0.29, 0.717) is 6.42 Å². The van der Waals surface area contributed by atoms with Crippen LogP contribution in [0.15, 0.2) is 4.99 Å². The van der Waals surface area contributed by atoms with E-state index in [2.05, 4.69) is 10.3 Å². The first-order valence-corrected chi connectivity index (χ1v) is 5.30. The number of nitrogens with one attached hydrogen (secondary N) is 1. The Balaban J connectivity index is 1.94. The fourth-order valence-electron chi connectivity index (χ4n) is 2.18. The molecule has 2 fully saturated rings. The van der Waals surface area contributed by atoms with Gasteiger partial charge in [-0.1, -0.05) is 0 Å². The van der Waals surface area contributed by atoms with Gasteiger partial charge in [-0.25, -0.2) is 8.78 Å². The average molecular weight is 202 g/mol. The molecule has 0 amide bonds. The highest BCUT2D eigenvalue weighted by atomic mass is 19.3. The van der Waals surface area contributed by atoms with Crippen molar-refractivity contribution in [3.05, 3.63) is 0 Å². The van der Waals surface area contributed by atoms with E-state index in [-0.39, 0.29) is 18.9 Å². The van der Waals surface area contributed by atoms with Crippen LogP contribution in [-0.2, 0) is 0 Å². The molecule has 1 aliphatic heterocycles. The molecule has 1 N–H and O–H groups in total. The Bertz CT molecular complexity index is 230. The quantitative estimate of drug-likeness (QED) is 0.691. The fourth-order valence-corrected chi connectivity index (χ4v) is 2.18. The minimum absolute atomic E-state index is 0.0451. The molecule has 1 heterocycles. The lowest BCUT2D eigenvalue weighted by Crippen LogP contribution is -2.29. The Kier molecular flexibility index (Phi) is 2.81. The molecule has 0 aromatic heterocycles. The summed E-state index contributed by atoms with van der Waals surface area (Å²) < 4.78 is 26.1. The van der Waals surface area contributed by atoms with Crippen molar-refractivity contribution in [2.75, 3.05) is 13.1 Å². The molecule has 0 radical (unpaired) electrons. The molecule has 2 aliphatic rings. The van der Waals surface area contributed by atoms with Crippen LogP contribution in [0.4, 0.5) is 8.78 Å². The number of nitrogens with zero attached hydrogens (tertiary/aromatic N) is 1. The van der Waals surface area contributed by atoms with Crippen molar-refractivity contribution in [1.29, 1.82) is 0 Å². The van der Waals surface area contributed by atoms with Gasteiger partial charge < -0.3 is 5.32 Å². The van der Waals surface area contributed by atoms with Crippen LogP contribution >= 0.6 is 0 Å². The molecule has 80 valence electrons. The van der Waals surface area contributed by atoms with Crippen LogP contribution in [0.1, 0.15) is 32.1 Å². The maximum atomic E-state index is 13.0. The summed E-state index contributed by atoms with van der Waals surface area (Å²) in [6.07, 6.45) is 2.38. The maximum absolute atomic E-state index is 13.0. The standard InChI is InChI=1S/C10H16F2N2/c11-10(12)4-1-2-8(6-10)14-9-3-5-13-7-9/h8,13H,1-7H2/t8-/m0/s1. The summed E-state index contributed by atoms with van der Waals surface area (Å²) >= 11 is 0. The zero-order valence-electron chi connectivity index (χ0n) is 8.23. The van der Waals surface area contributed by atoms with Gasteiger partial charge in [-0.3, -0.25) is 4.99 Å². The van der Waals surface area contributed by atoms with Crippen LogP contribution in [0, 0.1) is 0 Å². The predicted molar refractivity (Wildman–Crippen MR) is 52.1 cm³/mol. The highest BCUT2D eigenvalue weighted by Gasteiger charge is 2.36. The van der Waals surface area contributed by atoms with Crippen LogP contribution in [0.2, 0.25) is 0 Å². The molecule has 1 saturated carbocycles. The Labute approximate surface area is 82.8 Å². The van der Waals surface area contributed by atoms with Crippen LogP contribution in [0.3, 0.4) is 0 Å². The van der Waals surface area contributed by atoms with E-state index >= 15 is 0 Å². The minimum Gasteiger partial charge on any atom is -0.311 e. The lowest BCUT2D eigenvalue weighted by molar-refractivity contribution is -0.0393. The first kappa shape index (κ1) is 10.0. The second-order valence-electron chi connectivity index (χ2n) is 4.23. The molecule has 0 bridgehead atoms. The first-order valence-electron chi connectivity index (χ1n) is 5.30. The maximum Gasteiger partial charge on any atom is 0.250 e. The zero-order valence-corrected chi connectivity index (χ0v) is 8.23. The van der Waals surface area contributed by atoms with Crippen LogP contribution in [0.25, 0.3) is 0 Å². The highest BCUT2D eigenvalue weighted by Crippen LogP contribution is 2.34. The number of aliphatic imine (C=N–C) groups is 1. The molecule has 1 saturated heterocycles. The summed E-state index contributed by atoms with van der Waals surface area (Å²) in [5.41, 5.74) is 1.08. The van der Waals surface area contributed by atoms with Gasteiger partial charge >= 0.3 is 0 Å². The van der Waals surface area contributed by atoms with Crippen molar-refractivity contribution in [2.45, 2.75) is 44.1 Å². The van der Waals surface area contributed by atoms with E-state index < -0.39 is 5.92 Å². The van der Waals surface area contributed by atoms with Crippen molar-refractivity contribution in [2.24, 2.45) is 4.99 Å². The Morgan fingerprint density at radius 2 is 2.29 bits per heavy atom. The molecule has 1 aliphatic carbocycles.